The van der Waals surface area contributed by atoms with Crippen LogP contribution in [0, 0.1) is 0 Å². The van der Waals surface area contributed by atoms with Crippen LogP contribution in [-0.4, -0.2) is 11.5 Å². The van der Waals surface area contributed by atoms with Crippen LogP contribution in [0.3, 0.4) is 0 Å². The van der Waals surface area contributed by atoms with Gasteiger partial charge in [0.1, 0.15) is 5.82 Å². The van der Waals surface area contributed by atoms with Gasteiger partial charge in [-0.25, -0.2) is 4.98 Å². The lowest BCUT2D eigenvalue weighted by molar-refractivity contribution is 0.863. The van der Waals surface area contributed by atoms with Gasteiger partial charge in [-0.05, 0) is 24.5 Å². The van der Waals surface area contributed by atoms with Gasteiger partial charge < -0.3 is 11.1 Å². The smallest absolute Gasteiger partial charge is 0.125 e. The Morgan fingerprint density at radius 3 is 2.50 bits per heavy atom. The summed E-state index contributed by atoms with van der Waals surface area (Å²) in [5.74, 6) is 0.497. The van der Waals surface area contributed by atoms with Gasteiger partial charge in [0, 0.05) is 40.6 Å². The molecule has 3 nitrogen and oxygen atoms in total. The highest BCUT2D eigenvalue weighted by atomic mass is 35.5. The lowest BCUT2D eigenvalue weighted by atomic mass is 10.1. The first-order valence-electron chi connectivity index (χ1n) is 8.02. The number of anilines is 2. The molecule has 0 saturated carbocycles. The lowest BCUT2D eigenvalue weighted by Crippen LogP contribution is -2.05. The van der Waals surface area contributed by atoms with Crippen LogP contribution in [0.1, 0.15) is 12.0 Å². The molecule has 0 fully saturated rings. The fourth-order valence-electron chi connectivity index (χ4n) is 2.67. The van der Waals surface area contributed by atoms with Gasteiger partial charge in [0.15, 0.2) is 0 Å². The summed E-state index contributed by atoms with van der Waals surface area (Å²) in [6.07, 6.45) is 3.85. The molecule has 0 aliphatic rings. The molecule has 0 amide bonds. The van der Waals surface area contributed by atoms with Crippen molar-refractivity contribution in [3.8, 4) is 11.1 Å². The highest BCUT2D eigenvalue weighted by Gasteiger charge is 2.09. The number of hydrogen-bond acceptors (Lipinski definition) is 3. The van der Waals surface area contributed by atoms with Crippen molar-refractivity contribution in [1.29, 1.82) is 0 Å². The van der Waals surface area contributed by atoms with Crippen molar-refractivity contribution >= 4 is 23.1 Å². The monoisotopic (exact) mass is 337 g/mol. The standard InChI is InChI=1S/C20H20ClN3/c21-18-11-5-4-10-16(18)17-14-24-20(22)13-19(17)23-12-6-9-15-7-2-1-3-8-15/h1-5,7-8,10-11,13-14H,6,9,12H2,(H3,22,23,24). The zero-order chi connectivity index (χ0) is 16.8. The largest absolute Gasteiger partial charge is 0.384 e. The maximum atomic E-state index is 6.33. The van der Waals surface area contributed by atoms with Gasteiger partial charge in [0.25, 0.3) is 0 Å². The Kier molecular flexibility index (Phi) is 5.34. The summed E-state index contributed by atoms with van der Waals surface area (Å²) in [6.45, 7) is 0.857. The van der Waals surface area contributed by atoms with E-state index in [9.17, 15) is 0 Å². The Hall–Kier alpha value is -2.52. The van der Waals surface area contributed by atoms with E-state index in [2.05, 4.69) is 34.6 Å². The molecule has 0 spiro atoms. The maximum absolute atomic E-state index is 6.33. The van der Waals surface area contributed by atoms with Crippen LogP contribution in [0.2, 0.25) is 5.02 Å². The summed E-state index contributed by atoms with van der Waals surface area (Å²) in [5, 5.41) is 4.18. The minimum absolute atomic E-state index is 0.497. The van der Waals surface area contributed by atoms with Crippen LogP contribution in [0.15, 0.2) is 66.9 Å². The highest BCUT2D eigenvalue weighted by molar-refractivity contribution is 6.33. The van der Waals surface area contributed by atoms with Gasteiger partial charge >= 0.3 is 0 Å². The zero-order valence-electron chi connectivity index (χ0n) is 13.4. The Balaban J connectivity index is 1.71. The first-order valence-corrected chi connectivity index (χ1v) is 8.40. The summed E-state index contributed by atoms with van der Waals surface area (Å²) in [5.41, 5.74) is 10.1. The quantitative estimate of drug-likeness (QED) is 0.620. The topological polar surface area (TPSA) is 50.9 Å². The van der Waals surface area contributed by atoms with Crippen LogP contribution in [-0.2, 0) is 6.42 Å². The van der Waals surface area contributed by atoms with Crippen LogP contribution in [0.5, 0.6) is 0 Å². The third-order valence-corrected chi connectivity index (χ3v) is 4.22. The van der Waals surface area contributed by atoms with Crippen LogP contribution in [0.4, 0.5) is 11.5 Å². The molecule has 3 N–H and O–H groups in total. The molecule has 0 atom stereocenters. The van der Waals surface area contributed by atoms with Gasteiger partial charge in [0.05, 0.1) is 0 Å². The number of nitrogens with one attached hydrogen (secondary N) is 1. The summed E-state index contributed by atoms with van der Waals surface area (Å²) >= 11 is 6.33. The minimum atomic E-state index is 0.497. The van der Waals surface area contributed by atoms with Crippen molar-refractivity contribution < 1.29 is 0 Å². The van der Waals surface area contributed by atoms with Crippen molar-refractivity contribution in [3.63, 3.8) is 0 Å². The van der Waals surface area contributed by atoms with Crippen LogP contribution in [0.25, 0.3) is 11.1 Å². The van der Waals surface area contributed by atoms with Crippen LogP contribution >= 0.6 is 11.6 Å². The molecule has 3 rings (SSSR count). The number of aryl methyl sites for hydroxylation is 1. The molecule has 4 heteroatoms. The SMILES string of the molecule is Nc1cc(NCCCc2ccccc2)c(-c2ccccc2Cl)cn1. The second-order valence-corrected chi connectivity index (χ2v) is 6.06. The van der Waals surface area contributed by atoms with E-state index in [1.165, 1.54) is 5.56 Å². The maximum Gasteiger partial charge on any atom is 0.125 e. The molecule has 0 unspecified atom stereocenters. The van der Waals surface area contributed by atoms with E-state index in [4.69, 9.17) is 17.3 Å². The minimum Gasteiger partial charge on any atom is -0.384 e. The first-order chi connectivity index (χ1) is 11.7. The summed E-state index contributed by atoms with van der Waals surface area (Å²) in [4.78, 5) is 4.21. The van der Waals surface area contributed by atoms with E-state index in [0.29, 0.717) is 10.8 Å². The number of nitrogen functional groups attached to an aromatic ring is 1. The lowest BCUT2D eigenvalue weighted by Gasteiger charge is -2.13. The Labute approximate surface area is 147 Å². The zero-order valence-corrected chi connectivity index (χ0v) is 14.1. The van der Waals surface area contributed by atoms with Crippen molar-refractivity contribution in [2.75, 3.05) is 17.6 Å². The van der Waals surface area contributed by atoms with Crippen LogP contribution < -0.4 is 11.1 Å². The molecule has 0 aliphatic heterocycles. The molecular weight excluding hydrogens is 318 g/mol. The molecule has 1 aromatic heterocycles. The first kappa shape index (κ1) is 16.3. The molecule has 122 valence electrons. The summed E-state index contributed by atoms with van der Waals surface area (Å²) in [6, 6.07) is 20.1. The Morgan fingerprint density at radius 1 is 0.958 bits per heavy atom. The van der Waals surface area contributed by atoms with Crippen molar-refractivity contribution in [3.05, 3.63) is 77.4 Å². The van der Waals surface area contributed by atoms with Crippen molar-refractivity contribution in [1.82, 2.24) is 4.98 Å². The number of pyridine rings is 1. The number of aromatic nitrogens is 1. The molecule has 24 heavy (non-hydrogen) atoms. The predicted molar refractivity (Wildman–Crippen MR) is 102 cm³/mol. The number of benzene rings is 2. The van der Waals surface area contributed by atoms with Gasteiger partial charge in [-0.1, -0.05) is 60.1 Å². The molecule has 3 aromatic rings. The van der Waals surface area contributed by atoms with E-state index in [1.807, 2.05) is 36.4 Å². The van der Waals surface area contributed by atoms with E-state index in [1.54, 1.807) is 6.20 Å². The Bertz CT molecular complexity index is 803. The number of nitrogens with two attached hydrogens (primary N) is 1. The van der Waals surface area contributed by atoms with Crippen molar-refractivity contribution in [2.45, 2.75) is 12.8 Å². The van der Waals surface area contributed by atoms with E-state index in [0.717, 1.165) is 36.2 Å². The number of rotatable bonds is 6. The fraction of sp³-hybridized carbons (Fsp3) is 0.150. The second kappa shape index (κ2) is 7.84. The summed E-state index contributed by atoms with van der Waals surface area (Å²) in [7, 11) is 0. The van der Waals surface area contributed by atoms with E-state index in [-0.39, 0.29) is 0 Å². The normalized spacial score (nSPS) is 10.5. The van der Waals surface area contributed by atoms with E-state index >= 15 is 0 Å². The molecule has 0 bridgehead atoms. The third kappa shape index (κ3) is 4.06. The second-order valence-electron chi connectivity index (χ2n) is 5.65. The van der Waals surface area contributed by atoms with Gasteiger partial charge in [-0.3, -0.25) is 0 Å². The predicted octanol–water partition coefficient (Wildman–Crippen LogP) is 5.03. The van der Waals surface area contributed by atoms with Gasteiger partial charge in [-0.2, -0.15) is 0 Å². The molecule has 0 saturated heterocycles. The van der Waals surface area contributed by atoms with Gasteiger partial charge in [0.2, 0.25) is 0 Å². The number of hydrogen-bond donors (Lipinski definition) is 2. The van der Waals surface area contributed by atoms with E-state index < -0.39 is 0 Å². The molecule has 0 aliphatic carbocycles. The third-order valence-electron chi connectivity index (χ3n) is 3.89. The highest BCUT2D eigenvalue weighted by Crippen LogP contribution is 2.33. The molecule has 2 aromatic carbocycles. The molecule has 0 radical (unpaired) electrons. The average Bonchev–Trinajstić information content (AvgIpc) is 2.61. The van der Waals surface area contributed by atoms with Gasteiger partial charge in [-0.15, -0.1) is 0 Å². The number of nitrogens with zero attached hydrogens (tertiary/aromatic N) is 1. The average molecular weight is 338 g/mol. The fourth-order valence-corrected chi connectivity index (χ4v) is 2.91. The van der Waals surface area contributed by atoms with Crippen molar-refractivity contribution in [2.24, 2.45) is 0 Å². The number of halogens is 1. The Morgan fingerprint density at radius 2 is 1.71 bits per heavy atom. The molecular formula is C20H20ClN3. The summed E-state index contributed by atoms with van der Waals surface area (Å²) < 4.78 is 0. The molecule has 1 heterocycles.